The number of anilines is 2. The molecule has 0 aromatic heterocycles. The molecule has 0 fully saturated rings. The molecule has 3 heteroatoms. The van der Waals surface area contributed by atoms with Gasteiger partial charge in [-0.3, -0.25) is 0 Å². The Labute approximate surface area is 113 Å². The minimum Gasteiger partial charge on any atom is -0.399 e. The summed E-state index contributed by atoms with van der Waals surface area (Å²) >= 11 is 0. The standard InChI is InChI=1S/C15H24N2S/c1-15(2,3)17-14-8-7-13(16)11-12(14)9-10-18(4,5)6/h7-8,11,17H,16H2,1-6H3. The normalized spacial score (nSPS) is 12.6. The van der Waals surface area contributed by atoms with E-state index in [0.29, 0.717) is 0 Å². The predicted octanol–water partition coefficient (Wildman–Crippen LogP) is 3.48. The van der Waals surface area contributed by atoms with E-state index in [1.807, 2.05) is 18.2 Å². The largest absolute Gasteiger partial charge is 0.399 e. The Balaban J connectivity index is 3.15. The third-order valence-electron chi connectivity index (χ3n) is 2.05. The topological polar surface area (TPSA) is 38.0 Å². The van der Waals surface area contributed by atoms with Crippen molar-refractivity contribution in [2.75, 3.05) is 29.8 Å². The summed E-state index contributed by atoms with van der Waals surface area (Å²) in [6, 6.07) is 5.85. The maximum absolute atomic E-state index is 5.84. The molecule has 1 rings (SSSR count). The molecule has 0 aliphatic heterocycles. The minimum atomic E-state index is -0.825. The van der Waals surface area contributed by atoms with Crippen LogP contribution >= 0.6 is 10.0 Å². The van der Waals surface area contributed by atoms with Crippen molar-refractivity contribution in [1.29, 1.82) is 0 Å². The summed E-state index contributed by atoms with van der Waals surface area (Å²) in [4.78, 5) is 0. The van der Waals surface area contributed by atoms with Gasteiger partial charge in [0.25, 0.3) is 0 Å². The Bertz CT molecular complexity index is 482. The van der Waals surface area contributed by atoms with Gasteiger partial charge >= 0.3 is 0 Å². The number of nitrogens with one attached hydrogen (secondary N) is 1. The maximum atomic E-state index is 5.84. The zero-order chi connectivity index (χ0) is 14.0. The Morgan fingerprint density at radius 1 is 1.17 bits per heavy atom. The Hall–Kier alpha value is -1.27. The van der Waals surface area contributed by atoms with Crippen LogP contribution in [0.25, 0.3) is 0 Å². The van der Waals surface area contributed by atoms with Crippen molar-refractivity contribution >= 4 is 21.4 Å². The second-order valence-corrected chi connectivity index (χ2v) is 10.1. The van der Waals surface area contributed by atoms with E-state index in [-0.39, 0.29) is 5.54 Å². The van der Waals surface area contributed by atoms with Gasteiger partial charge in [-0.2, -0.15) is 10.0 Å². The molecular weight excluding hydrogens is 240 g/mol. The van der Waals surface area contributed by atoms with Crippen LogP contribution in [0, 0.1) is 11.2 Å². The van der Waals surface area contributed by atoms with E-state index in [9.17, 15) is 0 Å². The summed E-state index contributed by atoms with van der Waals surface area (Å²) in [6.45, 7) is 6.40. The van der Waals surface area contributed by atoms with Gasteiger partial charge in [0.2, 0.25) is 0 Å². The van der Waals surface area contributed by atoms with Crippen molar-refractivity contribution < 1.29 is 0 Å². The van der Waals surface area contributed by atoms with Crippen LogP contribution in [0.4, 0.5) is 11.4 Å². The molecule has 1 aromatic rings. The zero-order valence-electron chi connectivity index (χ0n) is 12.2. The molecule has 0 saturated carbocycles. The first-order valence-electron chi connectivity index (χ1n) is 5.96. The molecule has 0 heterocycles. The molecule has 0 amide bonds. The summed E-state index contributed by atoms with van der Waals surface area (Å²) in [5, 5.41) is 6.79. The summed E-state index contributed by atoms with van der Waals surface area (Å²) < 4.78 is 0. The van der Waals surface area contributed by atoms with Gasteiger partial charge in [-0.05, 0) is 63.0 Å². The SMILES string of the molecule is CC(C)(C)Nc1ccc(N)cc1C#CS(C)(C)C. The van der Waals surface area contributed by atoms with Gasteiger partial charge in [-0.25, -0.2) is 0 Å². The smallest absolute Gasteiger partial charge is 0.0506 e. The first-order chi connectivity index (χ1) is 8.07. The van der Waals surface area contributed by atoms with Gasteiger partial charge in [0.15, 0.2) is 0 Å². The lowest BCUT2D eigenvalue weighted by atomic mass is 10.1. The fourth-order valence-electron chi connectivity index (χ4n) is 1.39. The molecule has 0 radical (unpaired) electrons. The lowest BCUT2D eigenvalue weighted by Gasteiger charge is -2.23. The van der Waals surface area contributed by atoms with Crippen LogP contribution in [0.1, 0.15) is 26.3 Å². The molecule has 0 bridgehead atoms. The molecule has 0 atom stereocenters. The summed E-state index contributed by atoms with van der Waals surface area (Å²) in [6.07, 6.45) is 6.55. The van der Waals surface area contributed by atoms with Crippen LogP contribution in [0.15, 0.2) is 18.2 Å². The highest BCUT2D eigenvalue weighted by atomic mass is 32.3. The van der Waals surface area contributed by atoms with E-state index in [1.165, 1.54) is 0 Å². The molecule has 100 valence electrons. The Morgan fingerprint density at radius 3 is 2.28 bits per heavy atom. The molecule has 0 unspecified atom stereocenters. The lowest BCUT2D eigenvalue weighted by molar-refractivity contribution is 0.634. The number of nitrogen functional groups attached to an aromatic ring is 1. The second kappa shape index (κ2) is 5.16. The van der Waals surface area contributed by atoms with E-state index in [1.54, 1.807) is 0 Å². The Morgan fingerprint density at radius 2 is 1.78 bits per heavy atom. The fraction of sp³-hybridized carbons (Fsp3) is 0.467. The molecule has 2 nitrogen and oxygen atoms in total. The van der Waals surface area contributed by atoms with Crippen molar-refractivity contribution in [2.45, 2.75) is 26.3 Å². The number of rotatable bonds is 1. The van der Waals surface area contributed by atoms with Crippen LogP contribution in [-0.4, -0.2) is 24.3 Å². The van der Waals surface area contributed by atoms with Crippen LogP contribution in [0.5, 0.6) is 0 Å². The highest BCUT2D eigenvalue weighted by Gasteiger charge is 2.11. The van der Waals surface area contributed by atoms with Crippen molar-refractivity contribution in [3.8, 4) is 11.2 Å². The summed E-state index contributed by atoms with van der Waals surface area (Å²) in [5.41, 5.74) is 8.64. The van der Waals surface area contributed by atoms with Crippen LogP contribution in [0.2, 0.25) is 0 Å². The first kappa shape index (κ1) is 14.8. The van der Waals surface area contributed by atoms with Crippen LogP contribution in [-0.2, 0) is 0 Å². The van der Waals surface area contributed by atoms with Crippen molar-refractivity contribution in [1.82, 2.24) is 0 Å². The van der Waals surface area contributed by atoms with Crippen molar-refractivity contribution in [3.63, 3.8) is 0 Å². The van der Waals surface area contributed by atoms with Gasteiger partial charge in [0.1, 0.15) is 0 Å². The molecule has 0 saturated heterocycles. The van der Waals surface area contributed by atoms with E-state index >= 15 is 0 Å². The van der Waals surface area contributed by atoms with Gasteiger partial charge in [0, 0.05) is 11.2 Å². The third-order valence-corrected chi connectivity index (χ3v) is 2.76. The maximum Gasteiger partial charge on any atom is 0.0506 e. The molecule has 0 spiro atoms. The zero-order valence-corrected chi connectivity index (χ0v) is 13.0. The van der Waals surface area contributed by atoms with Crippen LogP contribution in [0.3, 0.4) is 0 Å². The van der Waals surface area contributed by atoms with Gasteiger partial charge in [-0.15, -0.1) is 0 Å². The fourth-order valence-corrected chi connectivity index (χ4v) is 1.80. The number of hydrogen-bond donors (Lipinski definition) is 2. The number of benzene rings is 1. The molecular formula is C15H24N2S. The summed E-state index contributed by atoms with van der Waals surface area (Å²) in [5.74, 6) is 3.26. The highest BCUT2D eigenvalue weighted by molar-refractivity contribution is 8.35. The van der Waals surface area contributed by atoms with E-state index in [0.717, 1.165) is 16.9 Å². The van der Waals surface area contributed by atoms with Crippen molar-refractivity contribution in [3.05, 3.63) is 23.8 Å². The molecule has 18 heavy (non-hydrogen) atoms. The van der Waals surface area contributed by atoms with E-state index in [4.69, 9.17) is 5.73 Å². The van der Waals surface area contributed by atoms with E-state index in [2.05, 4.69) is 56.0 Å². The van der Waals surface area contributed by atoms with Gasteiger partial charge in [0.05, 0.1) is 11.3 Å². The predicted molar refractivity (Wildman–Crippen MR) is 86.5 cm³/mol. The van der Waals surface area contributed by atoms with Gasteiger partial charge in [-0.1, -0.05) is 5.92 Å². The third kappa shape index (κ3) is 5.37. The van der Waals surface area contributed by atoms with E-state index < -0.39 is 10.0 Å². The Kier molecular flexibility index (Phi) is 4.24. The number of hydrogen-bond acceptors (Lipinski definition) is 2. The quantitative estimate of drug-likeness (QED) is 0.602. The van der Waals surface area contributed by atoms with Gasteiger partial charge < -0.3 is 11.1 Å². The monoisotopic (exact) mass is 264 g/mol. The summed E-state index contributed by atoms with van der Waals surface area (Å²) in [7, 11) is -0.825. The minimum absolute atomic E-state index is 0.0150. The molecule has 0 aliphatic rings. The average molecular weight is 264 g/mol. The first-order valence-corrected chi connectivity index (χ1v) is 8.81. The van der Waals surface area contributed by atoms with Crippen molar-refractivity contribution in [2.24, 2.45) is 0 Å². The molecule has 3 N–H and O–H groups in total. The average Bonchev–Trinajstić information content (AvgIpc) is 2.15. The van der Waals surface area contributed by atoms with Crippen LogP contribution < -0.4 is 11.1 Å². The molecule has 1 aromatic carbocycles. The molecule has 0 aliphatic carbocycles. The second-order valence-electron chi connectivity index (χ2n) is 6.24. The lowest BCUT2D eigenvalue weighted by Crippen LogP contribution is -2.26. The number of nitrogens with two attached hydrogens (primary N) is 1. The highest BCUT2D eigenvalue weighted by Crippen LogP contribution is 2.33.